The molecular weight excluding hydrogens is 384 g/mol. The molecule has 3 N–H and O–H groups in total. The van der Waals surface area contributed by atoms with Crippen LogP contribution < -0.4 is 16.5 Å². The van der Waals surface area contributed by atoms with Gasteiger partial charge in [0.25, 0.3) is 11.8 Å². The summed E-state index contributed by atoms with van der Waals surface area (Å²) in [4.78, 5) is 48.0. The van der Waals surface area contributed by atoms with E-state index in [1.165, 1.54) is 13.0 Å². The molecule has 0 aliphatic carbocycles. The van der Waals surface area contributed by atoms with Crippen LogP contribution in [0.2, 0.25) is 0 Å². The van der Waals surface area contributed by atoms with Crippen LogP contribution in [-0.2, 0) is 9.53 Å². The monoisotopic (exact) mass is 400 g/mol. The Labute approximate surface area is 162 Å². The molecule has 0 spiro atoms. The Morgan fingerprint density at radius 1 is 1.21 bits per heavy atom. The first-order valence-electron chi connectivity index (χ1n) is 8.20. The van der Waals surface area contributed by atoms with E-state index in [0.717, 1.165) is 23.0 Å². The Morgan fingerprint density at radius 3 is 2.68 bits per heavy atom. The molecule has 2 heterocycles. The summed E-state index contributed by atoms with van der Waals surface area (Å²) in [5, 5.41) is 4.68. The minimum absolute atomic E-state index is 0.160. The van der Waals surface area contributed by atoms with Crippen molar-refractivity contribution < 1.29 is 23.5 Å². The lowest BCUT2D eigenvalue weighted by Gasteiger charge is -2.13. The summed E-state index contributed by atoms with van der Waals surface area (Å²) in [6, 6.07) is 7.49. The van der Waals surface area contributed by atoms with Gasteiger partial charge in [-0.1, -0.05) is 11.6 Å². The average Bonchev–Trinajstić information content (AvgIpc) is 3.10. The number of carbonyl (C=O) groups is 3. The van der Waals surface area contributed by atoms with E-state index in [9.17, 15) is 19.2 Å². The van der Waals surface area contributed by atoms with Crippen LogP contribution in [0.15, 0.2) is 44.9 Å². The molecule has 1 aromatic carbocycles. The zero-order valence-electron chi connectivity index (χ0n) is 15.0. The van der Waals surface area contributed by atoms with Gasteiger partial charge in [0, 0.05) is 6.07 Å². The molecule has 28 heavy (non-hydrogen) atoms. The maximum absolute atomic E-state index is 12.3. The summed E-state index contributed by atoms with van der Waals surface area (Å²) in [6.45, 7) is 3.19. The van der Waals surface area contributed by atoms with Crippen molar-refractivity contribution in [2.75, 3.05) is 5.32 Å². The van der Waals surface area contributed by atoms with Crippen LogP contribution in [0.3, 0.4) is 0 Å². The van der Waals surface area contributed by atoms with Gasteiger partial charge in [-0.15, -0.1) is 11.3 Å². The van der Waals surface area contributed by atoms with E-state index in [1.807, 2.05) is 6.92 Å². The third-order valence-electron chi connectivity index (χ3n) is 3.90. The van der Waals surface area contributed by atoms with Gasteiger partial charge in [0.2, 0.25) is 5.76 Å². The molecule has 3 rings (SSSR count). The molecule has 0 saturated carbocycles. The minimum Gasteiger partial charge on any atom is -0.449 e. The van der Waals surface area contributed by atoms with Crippen molar-refractivity contribution in [3.05, 3.63) is 62.8 Å². The van der Waals surface area contributed by atoms with Crippen molar-refractivity contribution >= 4 is 45.1 Å². The molecule has 0 aliphatic heterocycles. The van der Waals surface area contributed by atoms with Crippen molar-refractivity contribution in [2.24, 2.45) is 5.73 Å². The lowest BCUT2D eigenvalue weighted by Crippen LogP contribution is -2.30. The highest BCUT2D eigenvalue weighted by Crippen LogP contribution is 2.23. The number of hydrogen-bond donors (Lipinski definition) is 2. The van der Waals surface area contributed by atoms with Gasteiger partial charge < -0.3 is 20.2 Å². The highest BCUT2D eigenvalue weighted by atomic mass is 32.1. The molecule has 9 heteroatoms. The summed E-state index contributed by atoms with van der Waals surface area (Å²) >= 11 is 1.11. The van der Waals surface area contributed by atoms with E-state index < -0.39 is 29.3 Å². The number of amides is 2. The number of nitrogens with two attached hydrogens (primary N) is 1. The normalized spacial score (nSPS) is 11.8. The van der Waals surface area contributed by atoms with Gasteiger partial charge in [0.05, 0.1) is 10.9 Å². The van der Waals surface area contributed by atoms with Crippen LogP contribution in [0, 0.1) is 6.92 Å². The lowest BCUT2D eigenvalue weighted by atomic mass is 10.1. The van der Waals surface area contributed by atoms with E-state index in [2.05, 4.69) is 5.32 Å². The minimum atomic E-state index is -1.20. The third-order valence-corrected chi connectivity index (χ3v) is 4.73. The van der Waals surface area contributed by atoms with Gasteiger partial charge in [-0.25, -0.2) is 4.79 Å². The molecule has 2 amide bonds. The number of carbonyl (C=O) groups excluding carboxylic acids is 3. The number of esters is 1. The molecular formula is C19H16N2O6S. The van der Waals surface area contributed by atoms with E-state index in [0.29, 0.717) is 5.39 Å². The highest BCUT2D eigenvalue weighted by Gasteiger charge is 2.23. The van der Waals surface area contributed by atoms with Crippen LogP contribution in [0.1, 0.15) is 33.4 Å². The maximum Gasteiger partial charge on any atom is 0.375 e. The summed E-state index contributed by atoms with van der Waals surface area (Å²) in [7, 11) is 0. The van der Waals surface area contributed by atoms with Crippen LogP contribution in [-0.4, -0.2) is 23.9 Å². The molecule has 0 fully saturated rings. The van der Waals surface area contributed by atoms with Crippen LogP contribution >= 0.6 is 11.3 Å². The summed E-state index contributed by atoms with van der Waals surface area (Å²) in [6.07, 6.45) is -1.20. The largest absolute Gasteiger partial charge is 0.449 e. The van der Waals surface area contributed by atoms with E-state index >= 15 is 0 Å². The van der Waals surface area contributed by atoms with E-state index in [1.54, 1.807) is 23.6 Å². The Bertz CT molecular complexity index is 1150. The van der Waals surface area contributed by atoms with Gasteiger partial charge >= 0.3 is 5.97 Å². The lowest BCUT2D eigenvalue weighted by molar-refractivity contribution is -0.123. The number of ether oxygens (including phenoxy) is 1. The van der Waals surface area contributed by atoms with Crippen LogP contribution in [0.5, 0.6) is 0 Å². The number of thiophene rings is 1. The summed E-state index contributed by atoms with van der Waals surface area (Å²) in [5.41, 5.74) is 6.12. The molecule has 0 bridgehead atoms. The predicted octanol–water partition coefficient (Wildman–Crippen LogP) is 2.45. The number of rotatable bonds is 5. The van der Waals surface area contributed by atoms with Crippen molar-refractivity contribution in [3.8, 4) is 0 Å². The summed E-state index contributed by atoms with van der Waals surface area (Å²) in [5.74, 6) is -2.61. The Morgan fingerprint density at radius 2 is 1.96 bits per heavy atom. The van der Waals surface area contributed by atoms with Gasteiger partial charge in [0.15, 0.2) is 11.5 Å². The Hall–Kier alpha value is -3.46. The zero-order chi connectivity index (χ0) is 20.4. The topological polar surface area (TPSA) is 129 Å². The summed E-state index contributed by atoms with van der Waals surface area (Å²) < 4.78 is 10.5. The Kier molecular flexibility index (Phi) is 5.27. The van der Waals surface area contributed by atoms with Gasteiger partial charge in [-0.05, 0) is 37.4 Å². The van der Waals surface area contributed by atoms with Gasteiger partial charge in [-0.3, -0.25) is 14.4 Å². The van der Waals surface area contributed by atoms with Gasteiger partial charge in [-0.2, -0.15) is 0 Å². The first-order valence-corrected chi connectivity index (χ1v) is 9.08. The quantitative estimate of drug-likeness (QED) is 0.633. The predicted molar refractivity (Wildman–Crippen MR) is 104 cm³/mol. The number of benzene rings is 1. The standard InChI is InChI=1S/C19H16N2O6S/c1-9-3-4-14-12(7-9)13(22)8-15(27-14)19(25)26-10(2)17(24)21-18-11(16(20)23)5-6-28-18/h3-8,10H,1-2H3,(H2,20,23)(H,21,24)/t10-/m1/s1. The molecule has 0 aliphatic rings. The van der Waals surface area contributed by atoms with E-state index in [4.69, 9.17) is 14.9 Å². The third kappa shape index (κ3) is 3.94. The number of anilines is 1. The van der Waals surface area contributed by atoms with E-state index in [-0.39, 0.29) is 21.9 Å². The number of aryl methyl sites for hydroxylation is 1. The average molecular weight is 400 g/mol. The van der Waals surface area contributed by atoms with Crippen molar-refractivity contribution in [1.82, 2.24) is 0 Å². The molecule has 8 nitrogen and oxygen atoms in total. The second-order valence-corrected chi connectivity index (χ2v) is 6.96. The van der Waals surface area contributed by atoms with Crippen molar-refractivity contribution in [1.29, 1.82) is 0 Å². The second kappa shape index (κ2) is 7.65. The molecule has 2 aromatic heterocycles. The number of hydrogen-bond acceptors (Lipinski definition) is 7. The van der Waals surface area contributed by atoms with Crippen molar-refractivity contribution in [2.45, 2.75) is 20.0 Å². The molecule has 1 atom stereocenters. The maximum atomic E-state index is 12.3. The highest BCUT2D eigenvalue weighted by molar-refractivity contribution is 7.14. The van der Waals surface area contributed by atoms with Crippen LogP contribution in [0.4, 0.5) is 5.00 Å². The fourth-order valence-corrected chi connectivity index (χ4v) is 3.25. The molecule has 0 radical (unpaired) electrons. The number of fused-ring (bicyclic) bond motifs is 1. The fraction of sp³-hybridized carbons (Fsp3) is 0.158. The molecule has 3 aromatic rings. The molecule has 144 valence electrons. The molecule has 0 saturated heterocycles. The number of primary amides is 1. The Balaban J connectivity index is 1.75. The zero-order valence-corrected chi connectivity index (χ0v) is 15.8. The molecule has 0 unspecified atom stereocenters. The van der Waals surface area contributed by atoms with Gasteiger partial charge in [0.1, 0.15) is 10.6 Å². The SMILES string of the molecule is Cc1ccc2oc(C(=O)O[C@H](C)C(=O)Nc3sccc3C(N)=O)cc(=O)c2c1. The fourth-order valence-electron chi connectivity index (χ4n) is 2.46. The second-order valence-electron chi connectivity index (χ2n) is 6.04. The van der Waals surface area contributed by atoms with Crippen molar-refractivity contribution in [3.63, 3.8) is 0 Å². The first-order chi connectivity index (χ1) is 13.3. The smallest absolute Gasteiger partial charge is 0.375 e. The first kappa shape index (κ1) is 19.3. The van der Waals surface area contributed by atoms with Crippen LogP contribution in [0.25, 0.3) is 11.0 Å². The number of nitrogens with one attached hydrogen (secondary N) is 1.